The topological polar surface area (TPSA) is 63.6 Å². The average molecular weight is 210 g/mol. The molecule has 0 aliphatic heterocycles. The van der Waals surface area contributed by atoms with Crippen molar-refractivity contribution < 1.29 is 46.7 Å². The molecule has 0 fully saturated rings. The van der Waals surface area contributed by atoms with Gasteiger partial charge in [0.05, 0.1) is 0 Å². The van der Waals surface area contributed by atoms with Crippen LogP contribution in [-0.4, -0.2) is 13.0 Å². The number of hydrogen-bond donors (Lipinski definition) is 1. The van der Waals surface area contributed by atoms with Gasteiger partial charge in [0.2, 0.25) is 0 Å². The largest absolute Gasteiger partial charge is 1.00 e. The van der Waals surface area contributed by atoms with Gasteiger partial charge in [0.15, 0.2) is 0 Å². The van der Waals surface area contributed by atoms with Crippen LogP contribution in [0.2, 0.25) is 0 Å². The van der Waals surface area contributed by atoms with E-state index in [0.29, 0.717) is 0 Å². The molecule has 6 heteroatoms. The minimum Gasteiger partial charge on any atom is -0.364 e. The Bertz CT molecular complexity index is 357. The van der Waals surface area contributed by atoms with E-state index in [1.807, 2.05) is 0 Å². The zero-order valence-corrected chi connectivity index (χ0v) is 9.91. The maximum atomic E-state index is 10.2. The Morgan fingerprint density at radius 1 is 1.23 bits per heavy atom. The second kappa shape index (κ2) is 4.88. The summed E-state index contributed by atoms with van der Waals surface area (Å²) in [7, 11) is -4.41. The van der Waals surface area contributed by atoms with Crippen LogP contribution >= 0.6 is 0 Å². The van der Waals surface area contributed by atoms with Crippen molar-refractivity contribution in [1.82, 2.24) is 0 Å². The molecule has 0 aromatic heterocycles. The average Bonchev–Trinajstić information content (AvgIpc) is 1.91. The van der Waals surface area contributed by atoms with E-state index in [1.165, 1.54) is 12.1 Å². The van der Waals surface area contributed by atoms with Crippen LogP contribution in [-0.2, 0) is 10.4 Å². The van der Waals surface area contributed by atoms with Crippen molar-refractivity contribution in [3.8, 4) is 5.75 Å². The predicted molar refractivity (Wildman–Crippen MR) is 43.1 cm³/mol. The van der Waals surface area contributed by atoms with Gasteiger partial charge in [0, 0.05) is 0 Å². The molecule has 0 spiro atoms. The minimum atomic E-state index is -4.41. The van der Waals surface area contributed by atoms with Crippen LogP contribution in [0.4, 0.5) is 0 Å². The fraction of sp³-hybridized carbons (Fsp3) is 0. The quantitative estimate of drug-likeness (QED) is 0.350. The Balaban J connectivity index is 0.00000144. The normalized spacial score (nSPS) is 10.2. The molecule has 0 atom stereocenters. The minimum absolute atomic E-state index is 0. The van der Waals surface area contributed by atoms with Crippen molar-refractivity contribution in [3.63, 3.8) is 0 Å². The summed E-state index contributed by atoms with van der Waals surface area (Å²) in [5, 5.41) is 0. The molecular formula is C7H7NaO4S. The molecule has 0 amide bonds. The van der Waals surface area contributed by atoms with Crippen molar-refractivity contribution >= 4 is 10.4 Å². The second-order valence-corrected chi connectivity index (χ2v) is 3.18. The molecule has 0 saturated carbocycles. The first-order chi connectivity index (χ1) is 5.47. The summed E-state index contributed by atoms with van der Waals surface area (Å²) in [6.07, 6.45) is 0. The molecule has 0 aliphatic carbocycles. The maximum absolute atomic E-state index is 10.2. The second-order valence-electron chi connectivity index (χ2n) is 2.16. The van der Waals surface area contributed by atoms with Gasteiger partial charge in [0.1, 0.15) is 5.75 Å². The van der Waals surface area contributed by atoms with Crippen molar-refractivity contribution in [2.45, 2.75) is 0 Å². The zero-order valence-electron chi connectivity index (χ0n) is 7.10. The molecule has 1 N–H and O–H groups in total. The van der Waals surface area contributed by atoms with Gasteiger partial charge in [-0.05, 0) is 0 Å². The zero-order chi connectivity index (χ0) is 9.19. The SMILES string of the molecule is [CH2-]c1ccc(OS(=O)(=O)O)cc1.[Na+]. The molecule has 0 unspecified atom stereocenters. The van der Waals surface area contributed by atoms with Crippen LogP contribution in [0.5, 0.6) is 5.75 Å². The maximum Gasteiger partial charge on any atom is 1.00 e. The Labute approximate surface area is 99.2 Å². The van der Waals surface area contributed by atoms with Crippen LogP contribution in [0.3, 0.4) is 0 Å². The molecule has 1 aromatic carbocycles. The summed E-state index contributed by atoms with van der Waals surface area (Å²) in [5.41, 5.74) is 0.734. The molecule has 0 bridgehead atoms. The van der Waals surface area contributed by atoms with Gasteiger partial charge in [-0.2, -0.15) is 33.0 Å². The van der Waals surface area contributed by atoms with Crippen LogP contribution in [0, 0.1) is 6.92 Å². The third kappa shape index (κ3) is 5.17. The van der Waals surface area contributed by atoms with E-state index < -0.39 is 10.4 Å². The van der Waals surface area contributed by atoms with Gasteiger partial charge >= 0.3 is 40.0 Å². The van der Waals surface area contributed by atoms with Crippen molar-refractivity contribution in [1.29, 1.82) is 0 Å². The third-order valence-electron chi connectivity index (χ3n) is 1.12. The summed E-state index contributed by atoms with van der Waals surface area (Å²) >= 11 is 0. The first-order valence-corrected chi connectivity index (χ1v) is 4.43. The summed E-state index contributed by atoms with van der Waals surface area (Å²) in [4.78, 5) is 0. The van der Waals surface area contributed by atoms with E-state index in [0.717, 1.165) is 5.56 Å². The van der Waals surface area contributed by atoms with Crippen molar-refractivity contribution in [2.75, 3.05) is 0 Å². The molecule has 0 saturated heterocycles. The van der Waals surface area contributed by atoms with E-state index in [9.17, 15) is 8.42 Å². The van der Waals surface area contributed by atoms with Crippen LogP contribution in [0.15, 0.2) is 24.3 Å². The Kier molecular flexibility index (Phi) is 4.80. The standard InChI is InChI=1S/C7H7O4S.Na/c1-6-2-4-7(5-3-6)11-12(8,9)10;/h2-5H,1H2,(H,8,9,10);/q-1;+1. The number of rotatable bonds is 2. The first-order valence-electron chi connectivity index (χ1n) is 3.06. The van der Waals surface area contributed by atoms with E-state index in [-0.39, 0.29) is 35.3 Å². The molecule has 1 aromatic rings. The fourth-order valence-electron chi connectivity index (χ4n) is 0.667. The van der Waals surface area contributed by atoms with Crippen molar-refractivity contribution in [3.05, 3.63) is 36.8 Å². The van der Waals surface area contributed by atoms with Crippen molar-refractivity contribution in [2.24, 2.45) is 0 Å². The van der Waals surface area contributed by atoms with E-state index >= 15 is 0 Å². The predicted octanol–water partition coefficient (Wildman–Crippen LogP) is -1.95. The molecule has 0 radical (unpaired) electrons. The van der Waals surface area contributed by atoms with Gasteiger partial charge in [0.25, 0.3) is 0 Å². The molecule has 1 rings (SSSR count). The van der Waals surface area contributed by atoms with Crippen LogP contribution in [0.1, 0.15) is 5.56 Å². The molecule has 4 nitrogen and oxygen atoms in total. The van der Waals surface area contributed by atoms with Gasteiger partial charge in [-0.25, -0.2) is 0 Å². The first kappa shape index (κ1) is 12.8. The smallest absolute Gasteiger partial charge is 0.364 e. The summed E-state index contributed by atoms with van der Waals surface area (Å²) in [6.45, 7) is 3.59. The molecule has 13 heavy (non-hydrogen) atoms. The van der Waals surface area contributed by atoms with Gasteiger partial charge < -0.3 is 4.18 Å². The van der Waals surface area contributed by atoms with E-state index in [2.05, 4.69) is 11.1 Å². The van der Waals surface area contributed by atoms with E-state index in [4.69, 9.17) is 4.55 Å². The summed E-state index contributed by atoms with van der Waals surface area (Å²) in [5.74, 6) is 0.0601. The summed E-state index contributed by atoms with van der Waals surface area (Å²) in [6, 6.07) is 5.94. The van der Waals surface area contributed by atoms with Gasteiger partial charge in [-0.3, -0.25) is 4.55 Å². The van der Waals surface area contributed by atoms with E-state index in [1.54, 1.807) is 12.1 Å². The number of benzene rings is 1. The molecular weight excluding hydrogens is 203 g/mol. The Morgan fingerprint density at radius 3 is 2.08 bits per heavy atom. The third-order valence-corrected chi connectivity index (χ3v) is 1.53. The molecule has 0 heterocycles. The number of hydrogen-bond acceptors (Lipinski definition) is 3. The fourth-order valence-corrected chi connectivity index (χ4v) is 1.02. The molecule has 66 valence electrons. The Hall–Kier alpha value is -0.200. The van der Waals surface area contributed by atoms with Gasteiger partial charge in [-0.1, -0.05) is 12.1 Å². The van der Waals surface area contributed by atoms with Gasteiger partial charge in [-0.15, -0.1) is 0 Å². The van der Waals surface area contributed by atoms with Crippen LogP contribution in [0.25, 0.3) is 0 Å². The summed E-state index contributed by atoms with van der Waals surface area (Å²) < 4.78 is 32.8. The monoisotopic (exact) mass is 210 g/mol. The van der Waals surface area contributed by atoms with Crippen LogP contribution < -0.4 is 33.7 Å². The Morgan fingerprint density at radius 2 is 1.69 bits per heavy atom. The molecule has 0 aliphatic rings.